The third-order valence-electron chi connectivity index (χ3n) is 2.16. The summed E-state index contributed by atoms with van der Waals surface area (Å²) >= 11 is 2.99. The highest BCUT2D eigenvalue weighted by atomic mass is 32.2. The fraction of sp³-hybridized carbons (Fsp3) is 0.583. The highest BCUT2D eigenvalue weighted by Crippen LogP contribution is 2.44. The van der Waals surface area contributed by atoms with Gasteiger partial charge < -0.3 is 10.5 Å². The number of thioether (sulfide) groups is 1. The lowest BCUT2D eigenvalue weighted by Crippen LogP contribution is -2.10. The zero-order chi connectivity index (χ0) is 13.2. The average molecular weight is 273 g/mol. The average Bonchev–Trinajstić information content (AvgIpc) is 2.54. The molecule has 0 spiro atoms. The molecule has 0 radical (unpaired) electrons. The molecule has 0 atom stereocenters. The first-order valence-electron chi connectivity index (χ1n) is 5.55. The van der Waals surface area contributed by atoms with Gasteiger partial charge >= 0.3 is 0 Å². The van der Waals surface area contributed by atoms with Crippen LogP contribution in [-0.4, -0.2) is 18.1 Å². The van der Waals surface area contributed by atoms with Crippen LogP contribution in [-0.2, 0) is 0 Å². The number of carbonyl (C=O) groups excluding carboxylic acids is 1. The summed E-state index contributed by atoms with van der Waals surface area (Å²) in [4.78, 5) is 12.6. The van der Waals surface area contributed by atoms with Gasteiger partial charge in [0.15, 0.2) is 11.5 Å². The van der Waals surface area contributed by atoms with Crippen molar-refractivity contribution in [2.75, 3.05) is 12.0 Å². The van der Waals surface area contributed by atoms with Crippen molar-refractivity contribution in [2.24, 2.45) is 5.92 Å². The molecule has 0 aliphatic carbocycles. The molecule has 0 aliphatic heterocycles. The van der Waals surface area contributed by atoms with Crippen LogP contribution in [0.15, 0.2) is 4.21 Å². The standard InChI is InChI=1S/C12H19NO2S2/c1-6(2)9(14)11-8(13)10(15-7(3)4)12(16-5)17-11/h6-7H,13H2,1-5H3. The monoisotopic (exact) mass is 273 g/mol. The minimum absolute atomic E-state index is 0.0439. The van der Waals surface area contributed by atoms with Crippen LogP contribution in [0.5, 0.6) is 5.75 Å². The molecule has 0 saturated heterocycles. The van der Waals surface area contributed by atoms with Crippen molar-refractivity contribution >= 4 is 34.6 Å². The molecular weight excluding hydrogens is 254 g/mol. The van der Waals surface area contributed by atoms with Crippen LogP contribution in [0.1, 0.15) is 37.4 Å². The number of anilines is 1. The number of nitrogen functional groups attached to an aromatic ring is 1. The maximum atomic E-state index is 12.0. The molecule has 17 heavy (non-hydrogen) atoms. The third kappa shape index (κ3) is 3.16. The smallest absolute Gasteiger partial charge is 0.177 e. The van der Waals surface area contributed by atoms with Crippen LogP contribution in [0.3, 0.4) is 0 Å². The molecule has 0 aromatic carbocycles. The first kappa shape index (κ1) is 14.4. The van der Waals surface area contributed by atoms with Gasteiger partial charge in [-0.1, -0.05) is 13.8 Å². The summed E-state index contributed by atoms with van der Waals surface area (Å²) in [5.41, 5.74) is 6.51. The van der Waals surface area contributed by atoms with Gasteiger partial charge in [0.1, 0.15) is 4.21 Å². The predicted molar refractivity (Wildman–Crippen MR) is 75.4 cm³/mol. The van der Waals surface area contributed by atoms with Gasteiger partial charge in [0.2, 0.25) is 0 Å². The lowest BCUT2D eigenvalue weighted by molar-refractivity contribution is 0.0944. The molecule has 1 aromatic heterocycles. The minimum atomic E-state index is -0.0439. The number of nitrogens with two attached hydrogens (primary N) is 1. The van der Waals surface area contributed by atoms with Crippen LogP contribution in [0.2, 0.25) is 0 Å². The van der Waals surface area contributed by atoms with Crippen LogP contribution in [0, 0.1) is 5.92 Å². The van der Waals surface area contributed by atoms with E-state index < -0.39 is 0 Å². The zero-order valence-corrected chi connectivity index (χ0v) is 12.5. The highest BCUT2D eigenvalue weighted by molar-refractivity contribution is 8.00. The molecule has 0 bridgehead atoms. The quantitative estimate of drug-likeness (QED) is 0.657. The molecule has 0 amide bonds. The van der Waals surface area contributed by atoms with E-state index in [0.29, 0.717) is 16.3 Å². The van der Waals surface area contributed by atoms with E-state index in [1.807, 2.05) is 34.0 Å². The number of ether oxygens (including phenoxy) is 1. The third-order valence-corrected chi connectivity index (χ3v) is 4.46. The Morgan fingerprint density at radius 1 is 1.35 bits per heavy atom. The summed E-state index contributed by atoms with van der Waals surface area (Å²) in [5, 5.41) is 0. The van der Waals surface area contributed by atoms with E-state index in [4.69, 9.17) is 10.5 Å². The molecule has 1 aromatic rings. The number of thiophene rings is 1. The minimum Gasteiger partial charge on any atom is -0.487 e. The van der Waals surface area contributed by atoms with E-state index in [1.165, 1.54) is 11.3 Å². The predicted octanol–water partition coefficient (Wildman–Crippen LogP) is 3.68. The lowest BCUT2D eigenvalue weighted by Gasteiger charge is -2.10. The van der Waals surface area contributed by atoms with Crippen LogP contribution < -0.4 is 10.5 Å². The van der Waals surface area contributed by atoms with Gasteiger partial charge in [-0.3, -0.25) is 4.79 Å². The second kappa shape index (κ2) is 5.78. The Bertz CT molecular complexity index is 411. The van der Waals surface area contributed by atoms with Gasteiger partial charge in [0.25, 0.3) is 0 Å². The van der Waals surface area contributed by atoms with Gasteiger partial charge in [-0.2, -0.15) is 0 Å². The first-order chi connectivity index (χ1) is 7.88. The van der Waals surface area contributed by atoms with Crippen molar-refractivity contribution < 1.29 is 9.53 Å². The van der Waals surface area contributed by atoms with E-state index in [-0.39, 0.29) is 17.8 Å². The molecular formula is C12H19NO2S2. The van der Waals surface area contributed by atoms with E-state index >= 15 is 0 Å². The molecule has 0 fully saturated rings. The molecule has 96 valence electrons. The Labute approximate surface area is 111 Å². The SMILES string of the molecule is CSc1sc(C(=O)C(C)C)c(N)c1OC(C)C. The molecule has 3 nitrogen and oxygen atoms in total. The van der Waals surface area contributed by atoms with Crippen molar-refractivity contribution in [1.29, 1.82) is 0 Å². The van der Waals surface area contributed by atoms with Gasteiger partial charge in [-0.25, -0.2) is 0 Å². The Balaban J connectivity index is 3.18. The fourth-order valence-electron chi connectivity index (χ4n) is 1.33. The maximum Gasteiger partial charge on any atom is 0.177 e. The highest BCUT2D eigenvalue weighted by Gasteiger charge is 2.23. The summed E-state index contributed by atoms with van der Waals surface area (Å²) in [6.07, 6.45) is 2.02. The van der Waals surface area contributed by atoms with Crippen molar-refractivity contribution in [3.63, 3.8) is 0 Å². The summed E-state index contributed by atoms with van der Waals surface area (Å²) in [6, 6.07) is 0. The van der Waals surface area contributed by atoms with Crippen LogP contribution in [0.25, 0.3) is 0 Å². The second-order valence-electron chi connectivity index (χ2n) is 4.35. The Kier molecular flexibility index (Phi) is 4.89. The topological polar surface area (TPSA) is 52.3 Å². The normalized spacial score (nSPS) is 11.2. The van der Waals surface area contributed by atoms with Gasteiger partial charge in [-0.05, 0) is 20.1 Å². The van der Waals surface area contributed by atoms with E-state index in [0.717, 1.165) is 4.21 Å². The number of carbonyl (C=O) groups is 1. The molecule has 1 rings (SSSR count). The zero-order valence-electron chi connectivity index (χ0n) is 10.9. The summed E-state index contributed by atoms with van der Waals surface area (Å²) in [6.45, 7) is 7.66. The van der Waals surface area contributed by atoms with Crippen LogP contribution >= 0.6 is 23.1 Å². The van der Waals surface area contributed by atoms with Crippen molar-refractivity contribution in [3.8, 4) is 5.75 Å². The molecule has 0 saturated carbocycles. The Hall–Kier alpha value is -0.680. The summed E-state index contributed by atoms with van der Waals surface area (Å²) < 4.78 is 6.66. The maximum absolute atomic E-state index is 12.0. The summed E-state index contributed by atoms with van der Waals surface area (Å²) in [5.74, 6) is 0.709. The fourth-order valence-corrected chi connectivity index (χ4v) is 3.24. The van der Waals surface area contributed by atoms with Gasteiger partial charge in [0.05, 0.1) is 16.7 Å². The molecule has 2 N–H and O–H groups in total. The second-order valence-corrected chi connectivity index (χ2v) is 6.45. The van der Waals surface area contributed by atoms with Gasteiger partial charge in [0, 0.05) is 5.92 Å². The van der Waals surface area contributed by atoms with Crippen molar-refractivity contribution in [2.45, 2.75) is 38.0 Å². The van der Waals surface area contributed by atoms with E-state index in [2.05, 4.69) is 0 Å². The molecule has 0 aliphatic rings. The van der Waals surface area contributed by atoms with Crippen molar-refractivity contribution in [3.05, 3.63) is 4.88 Å². The Morgan fingerprint density at radius 3 is 2.35 bits per heavy atom. The summed E-state index contributed by atoms with van der Waals surface area (Å²) in [7, 11) is 0. The Morgan fingerprint density at radius 2 is 1.94 bits per heavy atom. The number of ketones is 1. The number of rotatable bonds is 5. The largest absolute Gasteiger partial charge is 0.487 e. The molecule has 0 unspecified atom stereocenters. The van der Waals surface area contributed by atoms with Gasteiger partial charge in [-0.15, -0.1) is 23.1 Å². The first-order valence-corrected chi connectivity index (χ1v) is 7.59. The van der Waals surface area contributed by atoms with E-state index in [1.54, 1.807) is 11.8 Å². The lowest BCUT2D eigenvalue weighted by atomic mass is 10.1. The molecule has 5 heteroatoms. The van der Waals surface area contributed by atoms with Crippen LogP contribution in [0.4, 0.5) is 5.69 Å². The van der Waals surface area contributed by atoms with Crippen molar-refractivity contribution in [1.82, 2.24) is 0 Å². The number of hydrogen-bond donors (Lipinski definition) is 1. The molecule has 1 heterocycles. The van der Waals surface area contributed by atoms with E-state index in [9.17, 15) is 4.79 Å². The number of hydrogen-bond acceptors (Lipinski definition) is 5. The number of Topliss-reactive ketones (excluding diaryl/α,β-unsaturated/α-hetero) is 1.